The summed E-state index contributed by atoms with van der Waals surface area (Å²) in [5, 5.41) is 5.67. The number of halogens is 1. The Morgan fingerprint density at radius 2 is 1.88 bits per heavy atom. The largest absolute Gasteiger partial charge is 0.340 e. The molecule has 0 saturated heterocycles. The first-order valence-corrected chi connectivity index (χ1v) is 13.8. The van der Waals surface area contributed by atoms with Crippen LogP contribution >= 0.6 is 22.9 Å². The van der Waals surface area contributed by atoms with Crippen molar-refractivity contribution < 1.29 is 18.0 Å². The molecule has 2 heterocycles. The highest BCUT2D eigenvalue weighted by molar-refractivity contribution is 7.88. The molecule has 0 radical (unpaired) electrons. The second kappa shape index (κ2) is 11.4. The van der Waals surface area contributed by atoms with Gasteiger partial charge in [0.05, 0.1) is 15.5 Å². The minimum absolute atomic E-state index is 0.176. The zero-order valence-electron chi connectivity index (χ0n) is 18.7. The minimum Gasteiger partial charge on any atom is -0.340 e. The van der Waals surface area contributed by atoms with Crippen LogP contribution in [0.2, 0.25) is 4.34 Å². The highest BCUT2D eigenvalue weighted by Crippen LogP contribution is 2.22. The molecule has 180 valence electrons. The molecule has 0 fully saturated rings. The van der Waals surface area contributed by atoms with E-state index in [1.807, 2.05) is 18.2 Å². The number of nitrogens with zero attached hydrogens (tertiary/aromatic N) is 1. The molecule has 0 aliphatic carbocycles. The van der Waals surface area contributed by atoms with Crippen LogP contribution in [-0.4, -0.2) is 64.1 Å². The molecule has 33 heavy (non-hydrogen) atoms. The first kappa shape index (κ1) is 25.6. The molecular formula is C22H29ClN4O4S2. The van der Waals surface area contributed by atoms with E-state index in [0.29, 0.717) is 21.3 Å². The maximum atomic E-state index is 13.1. The van der Waals surface area contributed by atoms with Crippen LogP contribution in [0.4, 0.5) is 5.69 Å². The van der Waals surface area contributed by atoms with Gasteiger partial charge in [-0.15, -0.1) is 11.3 Å². The molecule has 1 aliphatic heterocycles. The number of amides is 2. The predicted octanol–water partition coefficient (Wildman–Crippen LogP) is 2.50. The van der Waals surface area contributed by atoms with E-state index in [1.54, 1.807) is 12.1 Å². The van der Waals surface area contributed by atoms with Crippen molar-refractivity contribution in [3.63, 3.8) is 0 Å². The number of thiophene rings is 1. The molecular weight excluding hydrogens is 484 g/mol. The smallest absolute Gasteiger partial charge is 0.262 e. The molecule has 1 atom stereocenters. The van der Waals surface area contributed by atoms with Crippen molar-refractivity contribution in [1.82, 2.24) is 14.9 Å². The number of hydrogen-bond donors (Lipinski definition) is 3. The standard InChI is InChI=1S/C22H29ClN4O4S2/c1-27-12-9-15-5-6-17(14-16(15)10-13-27)25-21(28)18(4-3-11-24-33(2,30)31)26-22(29)19-7-8-20(23)32-19/h5-8,14,18,24H,3-4,9-13H2,1-2H3,(H,25,28)(H,26,29). The number of fused-ring (bicyclic) bond motifs is 1. The summed E-state index contributed by atoms with van der Waals surface area (Å²) in [7, 11) is -1.23. The minimum atomic E-state index is -3.32. The number of nitrogens with one attached hydrogen (secondary N) is 3. The van der Waals surface area contributed by atoms with E-state index in [-0.39, 0.29) is 18.9 Å². The first-order chi connectivity index (χ1) is 15.6. The normalized spacial score (nSPS) is 15.4. The number of rotatable bonds is 9. The van der Waals surface area contributed by atoms with Crippen LogP contribution in [0.25, 0.3) is 0 Å². The quantitative estimate of drug-likeness (QED) is 0.447. The Kier molecular flexibility index (Phi) is 8.88. The Hall–Kier alpha value is -1.98. The maximum Gasteiger partial charge on any atom is 0.262 e. The van der Waals surface area contributed by atoms with Crippen LogP contribution < -0.4 is 15.4 Å². The van der Waals surface area contributed by atoms with Gasteiger partial charge in [-0.05, 0) is 68.1 Å². The third kappa shape index (κ3) is 8.08. The molecule has 2 aromatic rings. The molecule has 0 saturated carbocycles. The van der Waals surface area contributed by atoms with Crippen molar-refractivity contribution in [3.05, 3.63) is 50.7 Å². The molecule has 1 aromatic carbocycles. The first-order valence-electron chi connectivity index (χ1n) is 10.7. The fourth-order valence-electron chi connectivity index (χ4n) is 3.64. The number of anilines is 1. The van der Waals surface area contributed by atoms with Crippen molar-refractivity contribution in [1.29, 1.82) is 0 Å². The van der Waals surface area contributed by atoms with E-state index in [2.05, 4.69) is 27.3 Å². The third-order valence-electron chi connectivity index (χ3n) is 5.45. The predicted molar refractivity (Wildman–Crippen MR) is 133 cm³/mol. The lowest BCUT2D eigenvalue weighted by atomic mass is 10.0. The zero-order valence-corrected chi connectivity index (χ0v) is 21.1. The van der Waals surface area contributed by atoms with E-state index in [9.17, 15) is 18.0 Å². The molecule has 3 N–H and O–H groups in total. The fraction of sp³-hybridized carbons (Fsp3) is 0.455. The van der Waals surface area contributed by atoms with Crippen molar-refractivity contribution in [2.24, 2.45) is 0 Å². The van der Waals surface area contributed by atoms with E-state index >= 15 is 0 Å². The summed E-state index contributed by atoms with van der Waals surface area (Å²) < 4.78 is 25.5. The molecule has 1 aromatic heterocycles. The lowest BCUT2D eigenvalue weighted by Gasteiger charge is -2.19. The average Bonchev–Trinajstić information content (AvgIpc) is 3.10. The average molecular weight is 513 g/mol. The molecule has 0 spiro atoms. The van der Waals surface area contributed by atoms with Crippen molar-refractivity contribution in [2.45, 2.75) is 31.7 Å². The number of hydrogen-bond acceptors (Lipinski definition) is 6. The van der Waals surface area contributed by atoms with E-state index in [4.69, 9.17) is 11.6 Å². The second-order valence-corrected chi connectivity index (χ2v) is 11.8. The van der Waals surface area contributed by atoms with Gasteiger partial charge in [0.25, 0.3) is 5.91 Å². The van der Waals surface area contributed by atoms with Gasteiger partial charge in [0.2, 0.25) is 15.9 Å². The van der Waals surface area contributed by atoms with Crippen LogP contribution in [0.5, 0.6) is 0 Å². The second-order valence-electron chi connectivity index (χ2n) is 8.21. The van der Waals surface area contributed by atoms with Gasteiger partial charge < -0.3 is 15.5 Å². The number of likely N-dealkylation sites (N-methyl/N-ethyl adjacent to an activating group) is 1. The summed E-state index contributed by atoms with van der Waals surface area (Å²) in [4.78, 5) is 28.4. The summed E-state index contributed by atoms with van der Waals surface area (Å²) in [5.41, 5.74) is 3.17. The highest BCUT2D eigenvalue weighted by Gasteiger charge is 2.23. The van der Waals surface area contributed by atoms with Crippen LogP contribution in [-0.2, 0) is 27.7 Å². The topological polar surface area (TPSA) is 108 Å². The highest BCUT2D eigenvalue weighted by atomic mass is 35.5. The Bertz CT molecular complexity index is 1100. The summed E-state index contributed by atoms with van der Waals surface area (Å²) in [5.74, 6) is -0.746. The molecule has 1 unspecified atom stereocenters. The zero-order chi connectivity index (χ0) is 24.0. The maximum absolute atomic E-state index is 13.1. The van der Waals surface area contributed by atoms with Gasteiger partial charge in [0.15, 0.2) is 0 Å². The Balaban J connectivity index is 1.69. The number of carbonyl (C=O) groups is 2. The summed E-state index contributed by atoms with van der Waals surface area (Å²) in [6.07, 6.45) is 3.61. The van der Waals surface area contributed by atoms with Gasteiger partial charge in [0, 0.05) is 25.3 Å². The summed E-state index contributed by atoms with van der Waals surface area (Å²) >= 11 is 7.05. The van der Waals surface area contributed by atoms with Gasteiger partial charge >= 0.3 is 0 Å². The molecule has 3 rings (SSSR count). The monoisotopic (exact) mass is 512 g/mol. The number of sulfonamides is 1. The van der Waals surface area contributed by atoms with E-state index < -0.39 is 22.0 Å². The molecule has 1 aliphatic rings. The van der Waals surface area contributed by atoms with Gasteiger partial charge in [-0.2, -0.15) is 0 Å². The van der Waals surface area contributed by atoms with Gasteiger partial charge in [-0.25, -0.2) is 13.1 Å². The van der Waals surface area contributed by atoms with Crippen LogP contribution in [0, 0.1) is 0 Å². The lowest BCUT2D eigenvalue weighted by molar-refractivity contribution is -0.118. The Morgan fingerprint density at radius 1 is 1.15 bits per heavy atom. The van der Waals surface area contributed by atoms with E-state index in [0.717, 1.165) is 43.5 Å². The Labute approximate surface area is 203 Å². The summed E-state index contributed by atoms with van der Waals surface area (Å²) in [6.45, 7) is 2.14. The SMILES string of the molecule is CN1CCc2ccc(NC(=O)C(CCCNS(C)(=O)=O)NC(=O)c3ccc(Cl)s3)cc2CC1. The van der Waals surface area contributed by atoms with Crippen LogP contribution in [0.15, 0.2) is 30.3 Å². The van der Waals surface area contributed by atoms with Gasteiger partial charge in [0.1, 0.15) is 6.04 Å². The molecule has 8 nitrogen and oxygen atoms in total. The van der Waals surface area contributed by atoms with Crippen molar-refractivity contribution in [3.8, 4) is 0 Å². The molecule has 11 heteroatoms. The summed E-state index contributed by atoms with van der Waals surface area (Å²) in [6, 6.07) is 8.32. The fourth-order valence-corrected chi connectivity index (χ4v) is 5.10. The molecule has 0 bridgehead atoms. The van der Waals surface area contributed by atoms with Crippen molar-refractivity contribution >= 4 is 50.5 Å². The van der Waals surface area contributed by atoms with Gasteiger partial charge in [-0.3, -0.25) is 9.59 Å². The van der Waals surface area contributed by atoms with E-state index in [1.165, 1.54) is 11.1 Å². The lowest BCUT2D eigenvalue weighted by Crippen LogP contribution is -2.44. The number of benzene rings is 1. The third-order valence-corrected chi connectivity index (χ3v) is 7.41. The Morgan fingerprint density at radius 3 is 2.55 bits per heavy atom. The molecule has 2 amide bonds. The van der Waals surface area contributed by atoms with Crippen LogP contribution in [0.3, 0.4) is 0 Å². The van der Waals surface area contributed by atoms with Crippen LogP contribution in [0.1, 0.15) is 33.6 Å². The van der Waals surface area contributed by atoms with Gasteiger partial charge in [-0.1, -0.05) is 17.7 Å². The number of carbonyl (C=O) groups excluding carboxylic acids is 2. The van der Waals surface area contributed by atoms with Crippen molar-refractivity contribution in [2.75, 3.05) is 38.3 Å².